The Bertz CT molecular complexity index is 387. The summed E-state index contributed by atoms with van der Waals surface area (Å²) in [6.45, 7) is 7.10. The van der Waals surface area contributed by atoms with E-state index >= 15 is 0 Å². The zero-order valence-corrected chi connectivity index (χ0v) is 11.4. The van der Waals surface area contributed by atoms with Gasteiger partial charge in [0.2, 0.25) is 0 Å². The molecule has 0 spiro atoms. The van der Waals surface area contributed by atoms with E-state index in [1.54, 1.807) is 0 Å². The first kappa shape index (κ1) is 13.3. The number of carbonyl (C=O) groups excluding carboxylic acids is 1. The average Bonchev–Trinajstić information content (AvgIpc) is 2.96. The summed E-state index contributed by atoms with van der Waals surface area (Å²) in [5.41, 5.74) is 1.36. The Morgan fingerprint density at radius 1 is 1.17 bits per heavy atom. The molecule has 0 bridgehead atoms. The van der Waals surface area contributed by atoms with Crippen LogP contribution in [0.25, 0.3) is 0 Å². The van der Waals surface area contributed by atoms with E-state index in [2.05, 4.69) is 29.2 Å². The summed E-state index contributed by atoms with van der Waals surface area (Å²) in [5, 5.41) is 0. The van der Waals surface area contributed by atoms with Crippen molar-refractivity contribution >= 4 is 5.78 Å². The average molecular weight is 245 g/mol. The Morgan fingerprint density at radius 2 is 1.89 bits per heavy atom. The minimum Gasteiger partial charge on any atom is -0.299 e. The van der Waals surface area contributed by atoms with Crippen molar-refractivity contribution in [3.8, 4) is 0 Å². The van der Waals surface area contributed by atoms with Crippen molar-refractivity contribution in [1.29, 1.82) is 0 Å². The molecule has 98 valence electrons. The molecule has 1 heterocycles. The molecule has 18 heavy (non-hydrogen) atoms. The highest BCUT2D eigenvalue weighted by atomic mass is 16.1. The van der Waals surface area contributed by atoms with E-state index in [9.17, 15) is 4.79 Å². The van der Waals surface area contributed by atoms with Gasteiger partial charge in [-0.3, -0.25) is 9.69 Å². The predicted molar refractivity (Wildman–Crippen MR) is 74.3 cm³/mol. The van der Waals surface area contributed by atoms with Crippen molar-refractivity contribution in [2.45, 2.75) is 33.2 Å². The van der Waals surface area contributed by atoms with Crippen molar-refractivity contribution in [3.63, 3.8) is 0 Å². The lowest BCUT2D eigenvalue weighted by atomic mass is 10.0. The number of nitrogens with zero attached hydrogens (tertiary/aromatic N) is 1. The summed E-state index contributed by atoms with van der Waals surface area (Å²) < 4.78 is 0. The molecule has 0 amide bonds. The van der Waals surface area contributed by atoms with Gasteiger partial charge in [-0.1, -0.05) is 44.2 Å². The molecule has 3 rings (SSSR count). The van der Waals surface area contributed by atoms with Crippen LogP contribution in [-0.2, 0) is 11.3 Å². The van der Waals surface area contributed by atoms with E-state index < -0.39 is 0 Å². The van der Waals surface area contributed by atoms with Crippen LogP contribution in [0.3, 0.4) is 0 Å². The smallest absolute Gasteiger partial charge is 0.137 e. The molecule has 1 aromatic carbocycles. The largest absolute Gasteiger partial charge is 0.299 e. The summed E-state index contributed by atoms with van der Waals surface area (Å²) in [6, 6.07) is 10.5. The highest BCUT2D eigenvalue weighted by Gasteiger charge is 2.41. The van der Waals surface area contributed by atoms with E-state index in [0.717, 1.165) is 32.5 Å². The van der Waals surface area contributed by atoms with Crippen LogP contribution in [-0.4, -0.2) is 23.8 Å². The fourth-order valence-corrected chi connectivity index (χ4v) is 3.10. The van der Waals surface area contributed by atoms with Gasteiger partial charge in [-0.25, -0.2) is 0 Å². The molecule has 0 aromatic heterocycles. The first-order valence-electron chi connectivity index (χ1n) is 7.12. The number of Topliss-reactive ketones (excluding diaryl/α,β-unsaturated/α-hetero) is 1. The summed E-state index contributed by atoms with van der Waals surface area (Å²) in [7, 11) is 0. The predicted octanol–water partition coefficient (Wildman–Crippen LogP) is 3.12. The van der Waals surface area contributed by atoms with Gasteiger partial charge < -0.3 is 0 Å². The van der Waals surface area contributed by atoms with Crippen LogP contribution in [0, 0.1) is 11.8 Å². The van der Waals surface area contributed by atoms with Crippen molar-refractivity contribution in [1.82, 2.24) is 4.90 Å². The maximum absolute atomic E-state index is 11.6. The third-order valence-corrected chi connectivity index (χ3v) is 3.94. The molecular weight excluding hydrogens is 222 g/mol. The molecule has 0 radical (unpaired) electrons. The van der Waals surface area contributed by atoms with Crippen LogP contribution in [0.5, 0.6) is 0 Å². The lowest BCUT2D eigenvalue weighted by Gasteiger charge is -2.16. The maximum Gasteiger partial charge on any atom is 0.137 e. The highest BCUT2D eigenvalue weighted by molar-refractivity contribution is 5.84. The minimum atomic E-state index is 0.351. The maximum atomic E-state index is 11.6. The molecule has 1 saturated heterocycles. The molecule has 2 heteroatoms. The van der Waals surface area contributed by atoms with Crippen molar-refractivity contribution in [2.24, 2.45) is 11.8 Å². The highest BCUT2D eigenvalue weighted by Crippen LogP contribution is 2.35. The zero-order chi connectivity index (χ0) is 13.0. The molecule has 0 N–H and O–H groups in total. The third-order valence-electron chi connectivity index (χ3n) is 3.94. The number of ketones is 1. The Balaban J connectivity index is 0.000000574. The molecule has 1 aliphatic heterocycles. The van der Waals surface area contributed by atoms with Gasteiger partial charge in [0, 0.05) is 32.0 Å². The van der Waals surface area contributed by atoms with E-state index in [-0.39, 0.29) is 0 Å². The molecule has 2 fully saturated rings. The molecule has 2 aliphatic rings. The number of carbonyl (C=O) groups is 1. The minimum absolute atomic E-state index is 0.351. The summed E-state index contributed by atoms with van der Waals surface area (Å²) >= 11 is 0. The first-order chi connectivity index (χ1) is 8.83. The number of likely N-dealkylation sites (tertiary alicyclic amines) is 1. The second-order valence-corrected chi connectivity index (χ2v) is 5.05. The standard InChI is InChI=1S/C14H17NO.C2H6/c16-14-7-6-12-9-15(10-13(12)14)8-11-4-2-1-3-5-11;1-2/h1-5,12-13H,6-10H2;1-2H3. The zero-order valence-electron chi connectivity index (χ0n) is 11.4. The summed E-state index contributed by atoms with van der Waals surface area (Å²) in [6.07, 6.45) is 1.95. The number of hydrogen-bond donors (Lipinski definition) is 0. The molecule has 1 aliphatic carbocycles. The fraction of sp³-hybridized carbons (Fsp3) is 0.562. The van der Waals surface area contributed by atoms with E-state index in [4.69, 9.17) is 0 Å². The Morgan fingerprint density at radius 3 is 2.56 bits per heavy atom. The number of benzene rings is 1. The van der Waals surface area contributed by atoms with Crippen LogP contribution in [0.2, 0.25) is 0 Å². The van der Waals surface area contributed by atoms with Crippen molar-refractivity contribution < 1.29 is 4.79 Å². The van der Waals surface area contributed by atoms with E-state index in [1.807, 2.05) is 19.9 Å². The first-order valence-corrected chi connectivity index (χ1v) is 7.12. The fourth-order valence-electron chi connectivity index (χ4n) is 3.10. The van der Waals surface area contributed by atoms with Crippen molar-refractivity contribution in [2.75, 3.05) is 13.1 Å². The molecule has 1 saturated carbocycles. The summed E-state index contributed by atoms with van der Waals surface area (Å²) in [5.74, 6) is 1.50. The number of fused-ring (bicyclic) bond motifs is 1. The van der Waals surface area contributed by atoms with Gasteiger partial charge in [-0.15, -0.1) is 0 Å². The van der Waals surface area contributed by atoms with Gasteiger partial charge in [0.25, 0.3) is 0 Å². The number of hydrogen-bond acceptors (Lipinski definition) is 2. The summed E-state index contributed by atoms with van der Waals surface area (Å²) in [4.78, 5) is 14.1. The Kier molecular flexibility index (Phi) is 4.54. The van der Waals surface area contributed by atoms with Crippen LogP contribution >= 0.6 is 0 Å². The Labute approximate surface area is 110 Å². The van der Waals surface area contributed by atoms with Gasteiger partial charge in [-0.05, 0) is 17.9 Å². The quantitative estimate of drug-likeness (QED) is 0.798. The molecule has 1 aromatic rings. The SMILES string of the molecule is CC.O=C1CCC2CN(Cc3ccccc3)CC12. The van der Waals surface area contributed by atoms with Crippen LogP contribution < -0.4 is 0 Å². The van der Waals surface area contributed by atoms with Crippen LogP contribution in [0.1, 0.15) is 32.3 Å². The van der Waals surface area contributed by atoms with Crippen LogP contribution in [0.4, 0.5) is 0 Å². The van der Waals surface area contributed by atoms with E-state index in [0.29, 0.717) is 17.6 Å². The van der Waals surface area contributed by atoms with Gasteiger partial charge in [0.05, 0.1) is 0 Å². The van der Waals surface area contributed by atoms with Gasteiger partial charge in [0.1, 0.15) is 5.78 Å². The monoisotopic (exact) mass is 245 g/mol. The Hall–Kier alpha value is -1.15. The van der Waals surface area contributed by atoms with Crippen LogP contribution in [0.15, 0.2) is 30.3 Å². The van der Waals surface area contributed by atoms with Gasteiger partial charge >= 0.3 is 0 Å². The van der Waals surface area contributed by atoms with Gasteiger partial charge in [0.15, 0.2) is 0 Å². The van der Waals surface area contributed by atoms with Crippen molar-refractivity contribution in [3.05, 3.63) is 35.9 Å². The normalized spacial score (nSPS) is 26.7. The lowest BCUT2D eigenvalue weighted by molar-refractivity contribution is -0.120. The molecular formula is C16H23NO. The molecule has 2 atom stereocenters. The van der Waals surface area contributed by atoms with Gasteiger partial charge in [-0.2, -0.15) is 0 Å². The second kappa shape index (κ2) is 6.14. The molecule has 2 unspecified atom stereocenters. The second-order valence-electron chi connectivity index (χ2n) is 5.05. The number of rotatable bonds is 2. The molecule has 2 nitrogen and oxygen atoms in total. The van der Waals surface area contributed by atoms with E-state index in [1.165, 1.54) is 5.56 Å². The topological polar surface area (TPSA) is 20.3 Å². The third kappa shape index (κ3) is 2.81. The lowest BCUT2D eigenvalue weighted by Crippen LogP contribution is -2.22.